The lowest BCUT2D eigenvalue weighted by atomic mass is 9.40. The fraction of sp³-hybridized carbons (Fsp3) is 0.885. The molecule has 2 nitrogen and oxygen atoms in total. The lowest BCUT2D eigenvalue weighted by Gasteiger charge is -2.64. The van der Waals surface area contributed by atoms with Gasteiger partial charge in [0, 0.05) is 22.0 Å². The van der Waals surface area contributed by atoms with Gasteiger partial charge in [-0.3, -0.25) is 0 Å². The molecule has 0 spiro atoms. The molecule has 1 saturated heterocycles. The van der Waals surface area contributed by atoms with Crippen molar-refractivity contribution in [1.82, 2.24) is 0 Å². The predicted molar refractivity (Wildman–Crippen MR) is 215 cm³/mol. The summed E-state index contributed by atoms with van der Waals surface area (Å²) in [5, 5.41) is 0. The molecule has 0 aromatic heterocycles. The summed E-state index contributed by atoms with van der Waals surface area (Å²) in [4.78, 5) is 0. The summed E-state index contributed by atoms with van der Waals surface area (Å²) in [7, 11) is 0. The van der Waals surface area contributed by atoms with Crippen molar-refractivity contribution in [3.8, 4) is 5.75 Å². The van der Waals surface area contributed by atoms with E-state index >= 15 is 0 Å². The third-order valence-electron chi connectivity index (χ3n) is 21.2. The van der Waals surface area contributed by atoms with Gasteiger partial charge in [-0.15, -0.1) is 0 Å². The fourth-order valence-corrected chi connectivity index (χ4v) is 21.6. The van der Waals surface area contributed by atoms with Crippen molar-refractivity contribution in [3.63, 3.8) is 0 Å². The van der Waals surface area contributed by atoms with Gasteiger partial charge < -0.3 is 9.47 Å². The first-order chi connectivity index (χ1) is 26.2. The molecule has 16 bridgehead atoms. The Balaban J connectivity index is 1.12. The molecule has 16 saturated carbocycles. The standard InChI is InChI=1S/C52H72O2/c1-29(2)43-44(49-15-30-3-31(16-49)5-32(4-30)17-49)46(51-21-36-9-37(22-51)11-38(10-36)23-51)48(54-28-42-27-53-42)47(52-24-39-12-40(25-52)14-41(13-39)26-52)45(43)50-18-33-6-34(19-50)8-35(7-33)20-50/h29-42H,3-28H2,1-2H3. The molecule has 0 radical (unpaired) electrons. The summed E-state index contributed by atoms with van der Waals surface area (Å²) in [6.45, 7) is 7.21. The maximum absolute atomic E-state index is 7.99. The first-order valence-electron chi connectivity index (χ1n) is 24.7. The molecule has 292 valence electrons. The van der Waals surface area contributed by atoms with Crippen LogP contribution in [0.5, 0.6) is 5.75 Å². The Kier molecular flexibility index (Phi) is 6.68. The van der Waals surface area contributed by atoms with Crippen molar-refractivity contribution in [1.29, 1.82) is 0 Å². The zero-order chi connectivity index (χ0) is 35.3. The van der Waals surface area contributed by atoms with E-state index in [2.05, 4.69) is 13.8 Å². The van der Waals surface area contributed by atoms with E-state index in [0.717, 1.165) is 84.2 Å². The Labute approximate surface area is 327 Å². The van der Waals surface area contributed by atoms with Gasteiger partial charge in [-0.2, -0.15) is 0 Å². The van der Waals surface area contributed by atoms with Crippen LogP contribution in [-0.2, 0) is 26.4 Å². The predicted octanol–water partition coefficient (Wildman–Crippen LogP) is 12.5. The number of benzene rings is 1. The van der Waals surface area contributed by atoms with Gasteiger partial charge in [-0.1, -0.05) is 13.8 Å². The van der Waals surface area contributed by atoms with Crippen LogP contribution < -0.4 is 4.74 Å². The molecule has 1 aliphatic heterocycles. The van der Waals surface area contributed by atoms with Gasteiger partial charge in [-0.25, -0.2) is 0 Å². The van der Waals surface area contributed by atoms with Crippen LogP contribution in [-0.4, -0.2) is 19.3 Å². The van der Waals surface area contributed by atoms with Crippen LogP contribution in [0.15, 0.2) is 0 Å². The first kappa shape index (κ1) is 32.9. The van der Waals surface area contributed by atoms with E-state index in [1.54, 1.807) is 82.8 Å². The minimum Gasteiger partial charge on any atom is -0.490 e. The van der Waals surface area contributed by atoms with E-state index in [4.69, 9.17) is 9.47 Å². The fourth-order valence-electron chi connectivity index (χ4n) is 21.6. The molecule has 16 aliphatic carbocycles. The molecule has 17 fully saturated rings. The van der Waals surface area contributed by atoms with E-state index in [-0.39, 0.29) is 0 Å². The molecule has 1 aromatic rings. The minimum atomic E-state index is 0.328. The molecule has 0 N–H and O–H groups in total. The highest BCUT2D eigenvalue weighted by atomic mass is 16.6. The monoisotopic (exact) mass is 729 g/mol. The Morgan fingerprint density at radius 1 is 0.426 bits per heavy atom. The average molecular weight is 729 g/mol. The maximum Gasteiger partial charge on any atom is 0.127 e. The van der Waals surface area contributed by atoms with Gasteiger partial charge in [0.05, 0.1) is 6.61 Å². The van der Waals surface area contributed by atoms with Crippen molar-refractivity contribution in [2.45, 2.75) is 202 Å². The molecule has 17 aliphatic rings. The number of rotatable bonds is 8. The van der Waals surface area contributed by atoms with E-state index in [0.29, 0.717) is 33.7 Å². The third-order valence-corrected chi connectivity index (χ3v) is 21.2. The van der Waals surface area contributed by atoms with E-state index in [9.17, 15) is 0 Å². The topological polar surface area (TPSA) is 21.8 Å². The van der Waals surface area contributed by atoms with Crippen molar-refractivity contribution >= 4 is 0 Å². The number of hydrogen-bond acceptors (Lipinski definition) is 2. The van der Waals surface area contributed by atoms with Crippen molar-refractivity contribution in [2.24, 2.45) is 71.0 Å². The number of epoxide rings is 1. The average Bonchev–Trinajstić information content (AvgIpc) is 3.92. The smallest absolute Gasteiger partial charge is 0.127 e. The summed E-state index contributed by atoms with van der Waals surface area (Å²) < 4.78 is 14.1. The second-order valence-electron chi connectivity index (χ2n) is 25.5. The van der Waals surface area contributed by atoms with Gasteiger partial charge in [0.2, 0.25) is 0 Å². The van der Waals surface area contributed by atoms with Gasteiger partial charge in [0.25, 0.3) is 0 Å². The molecule has 1 aromatic carbocycles. The third kappa shape index (κ3) is 4.57. The molecule has 2 heteroatoms. The summed E-state index contributed by atoms with van der Waals surface area (Å²) in [5.41, 5.74) is 11.5. The zero-order valence-corrected chi connectivity index (χ0v) is 34.3. The zero-order valence-electron chi connectivity index (χ0n) is 34.3. The van der Waals surface area contributed by atoms with Crippen LogP contribution in [0, 0.1) is 71.0 Å². The Hall–Kier alpha value is -1.02. The SMILES string of the molecule is CC(C)c1c(C23CC4CC(CC(C4)C2)C3)c(C23CC4CC(CC(C4)C2)C3)c(OCC2CO2)c(C23CC4CC(CC(C4)C2)C3)c1C12CC3CC(CC(C3)C1)C2. The minimum absolute atomic E-state index is 0.328. The van der Waals surface area contributed by atoms with Crippen LogP contribution in [0.4, 0.5) is 0 Å². The number of ether oxygens (including phenoxy) is 2. The van der Waals surface area contributed by atoms with E-state index in [1.807, 2.05) is 27.8 Å². The van der Waals surface area contributed by atoms with Gasteiger partial charge in [0.1, 0.15) is 18.5 Å². The van der Waals surface area contributed by atoms with Gasteiger partial charge in [0.15, 0.2) is 0 Å². The second-order valence-corrected chi connectivity index (χ2v) is 25.5. The highest BCUT2D eigenvalue weighted by Gasteiger charge is 2.64. The van der Waals surface area contributed by atoms with Crippen molar-refractivity contribution in [3.05, 3.63) is 27.8 Å². The normalized spacial score (nSPS) is 54.8. The molecular weight excluding hydrogens is 657 g/mol. The van der Waals surface area contributed by atoms with Crippen LogP contribution in [0.3, 0.4) is 0 Å². The van der Waals surface area contributed by atoms with Crippen molar-refractivity contribution in [2.75, 3.05) is 13.2 Å². The van der Waals surface area contributed by atoms with Crippen LogP contribution in [0.2, 0.25) is 0 Å². The van der Waals surface area contributed by atoms with Crippen LogP contribution in [0.25, 0.3) is 0 Å². The highest BCUT2D eigenvalue weighted by molar-refractivity contribution is 5.67. The lowest BCUT2D eigenvalue weighted by molar-refractivity contribution is -0.0253. The molecule has 1 atom stereocenters. The Morgan fingerprint density at radius 2 is 0.667 bits per heavy atom. The molecule has 1 unspecified atom stereocenters. The first-order valence-corrected chi connectivity index (χ1v) is 24.7. The molecule has 1 heterocycles. The summed E-state index contributed by atoms with van der Waals surface area (Å²) >= 11 is 0. The highest BCUT2D eigenvalue weighted by Crippen LogP contribution is 2.73. The lowest BCUT2D eigenvalue weighted by Crippen LogP contribution is -2.56. The van der Waals surface area contributed by atoms with Crippen LogP contribution in [0.1, 0.15) is 202 Å². The molecular formula is C52H72O2. The van der Waals surface area contributed by atoms with E-state index in [1.165, 1.54) is 77.0 Å². The second kappa shape index (κ2) is 11.0. The van der Waals surface area contributed by atoms with Gasteiger partial charge >= 0.3 is 0 Å². The molecule has 18 rings (SSSR count). The quantitative estimate of drug-likeness (QED) is 0.249. The van der Waals surface area contributed by atoms with Gasteiger partial charge in [-0.05, 0) is 259 Å². The summed E-state index contributed by atoms with van der Waals surface area (Å²) in [5.74, 6) is 13.9. The van der Waals surface area contributed by atoms with E-state index < -0.39 is 0 Å². The largest absolute Gasteiger partial charge is 0.490 e. The van der Waals surface area contributed by atoms with Crippen LogP contribution >= 0.6 is 0 Å². The Bertz CT molecular complexity index is 1500. The summed E-state index contributed by atoms with van der Waals surface area (Å²) in [6, 6.07) is 0. The Morgan fingerprint density at radius 3 is 0.889 bits per heavy atom. The molecule has 54 heavy (non-hydrogen) atoms. The van der Waals surface area contributed by atoms with Crippen molar-refractivity contribution < 1.29 is 9.47 Å². The number of hydrogen-bond donors (Lipinski definition) is 0. The summed E-state index contributed by atoms with van der Waals surface area (Å²) in [6.07, 6.45) is 36.9. The maximum atomic E-state index is 7.99. The molecule has 0 amide bonds.